The van der Waals surface area contributed by atoms with E-state index in [1.165, 1.54) is 0 Å². The summed E-state index contributed by atoms with van der Waals surface area (Å²) in [6.45, 7) is 6.40. The topological polar surface area (TPSA) is 26.0 Å². The van der Waals surface area contributed by atoms with Gasteiger partial charge in [-0.05, 0) is 6.07 Å². The first-order valence-electron chi connectivity index (χ1n) is 4.40. The molecular weight excluding hydrogens is 162 g/mol. The predicted octanol–water partition coefficient (Wildman–Crippen LogP) is 3.08. The van der Waals surface area contributed by atoms with Crippen LogP contribution in [-0.2, 0) is 5.41 Å². The van der Waals surface area contributed by atoms with E-state index in [1.807, 2.05) is 12.4 Å². The highest BCUT2D eigenvalue weighted by Crippen LogP contribution is 2.29. The Labute approximate surface area is 77.9 Å². The van der Waals surface area contributed by atoms with Crippen LogP contribution in [0.25, 0.3) is 11.1 Å². The van der Waals surface area contributed by atoms with Crippen molar-refractivity contribution in [1.29, 1.82) is 0 Å². The third-order valence-electron chi connectivity index (χ3n) is 2.10. The van der Waals surface area contributed by atoms with Crippen molar-refractivity contribution >= 4 is 0 Å². The maximum Gasteiger partial charge on any atom is 0.109 e. The van der Waals surface area contributed by atoms with E-state index in [9.17, 15) is 0 Å². The lowest BCUT2D eigenvalue weighted by Crippen LogP contribution is -2.10. The molecule has 0 unspecified atom stereocenters. The molecule has 0 aromatic carbocycles. The summed E-state index contributed by atoms with van der Waals surface area (Å²) < 4.78 is 5.52. The fourth-order valence-corrected chi connectivity index (χ4v) is 1.26. The van der Waals surface area contributed by atoms with Crippen LogP contribution < -0.4 is 0 Å². The summed E-state index contributed by atoms with van der Waals surface area (Å²) in [5, 5.41) is 0. The average Bonchev–Trinajstić information content (AvgIpc) is 2.47. The predicted molar refractivity (Wildman–Crippen MR) is 51.8 cm³/mol. The van der Waals surface area contributed by atoms with Gasteiger partial charge in [-0.1, -0.05) is 20.8 Å². The number of rotatable bonds is 0. The normalized spacial score (nSPS) is 12.2. The molecule has 68 valence electrons. The molecule has 0 N–H and O–H groups in total. The first-order valence-corrected chi connectivity index (χ1v) is 4.40. The molecule has 0 spiro atoms. The molecule has 2 nitrogen and oxygen atoms in total. The molecule has 0 fully saturated rings. The van der Waals surface area contributed by atoms with Gasteiger partial charge in [0.05, 0.1) is 6.26 Å². The monoisotopic (exact) mass is 175 g/mol. The van der Waals surface area contributed by atoms with Gasteiger partial charge in [0.1, 0.15) is 5.76 Å². The lowest BCUT2D eigenvalue weighted by Gasteiger charge is -2.17. The zero-order valence-electron chi connectivity index (χ0n) is 8.16. The van der Waals surface area contributed by atoms with Crippen LogP contribution in [0.2, 0.25) is 0 Å². The van der Waals surface area contributed by atoms with E-state index >= 15 is 0 Å². The number of nitrogens with zero attached hydrogens (tertiary/aromatic N) is 1. The van der Waals surface area contributed by atoms with E-state index in [1.54, 1.807) is 6.26 Å². The van der Waals surface area contributed by atoms with Crippen molar-refractivity contribution in [2.75, 3.05) is 0 Å². The molecule has 2 rings (SSSR count). The van der Waals surface area contributed by atoms with E-state index < -0.39 is 0 Å². The second-order valence-corrected chi connectivity index (χ2v) is 4.31. The quantitative estimate of drug-likeness (QED) is 0.615. The minimum atomic E-state index is 0.0610. The number of fused-ring (bicyclic) bond motifs is 1. The smallest absolute Gasteiger partial charge is 0.109 e. The van der Waals surface area contributed by atoms with Gasteiger partial charge < -0.3 is 4.42 Å². The molecule has 0 saturated carbocycles. The van der Waals surface area contributed by atoms with Crippen LogP contribution >= 0.6 is 0 Å². The average molecular weight is 175 g/mol. The van der Waals surface area contributed by atoms with Crippen LogP contribution in [0.3, 0.4) is 0 Å². The van der Waals surface area contributed by atoms with Crippen molar-refractivity contribution in [2.24, 2.45) is 0 Å². The van der Waals surface area contributed by atoms with E-state index in [-0.39, 0.29) is 5.41 Å². The molecule has 2 aliphatic rings. The third kappa shape index (κ3) is 1.44. The third-order valence-corrected chi connectivity index (χ3v) is 2.10. The Morgan fingerprint density at radius 3 is 2.54 bits per heavy atom. The molecule has 0 saturated heterocycles. The molecule has 0 bridgehead atoms. The van der Waals surface area contributed by atoms with Gasteiger partial charge in [-0.25, -0.2) is 0 Å². The second-order valence-electron chi connectivity index (χ2n) is 4.31. The number of aromatic nitrogens is 1. The maximum absolute atomic E-state index is 5.52. The highest BCUT2D eigenvalue weighted by molar-refractivity contribution is 5.62. The molecule has 0 amide bonds. The minimum Gasteiger partial charge on any atom is -0.468 e. The minimum absolute atomic E-state index is 0.0610. The van der Waals surface area contributed by atoms with Crippen molar-refractivity contribution in [2.45, 2.75) is 26.2 Å². The standard InChI is InChI=1S/C11H13NO/c1-11(2,3)10-4-8-5-12-6-9(8)7-13-10/h4-7H,1-3H3. The first-order chi connectivity index (χ1) is 6.07. The van der Waals surface area contributed by atoms with Crippen LogP contribution in [0.4, 0.5) is 0 Å². The Morgan fingerprint density at radius 2 is 1.85 bits per heavy atom. The molecule has 2 heterocycles. The maximum atomic E-state index is 5.52. The molecule has 13 heavy (non-hydrogen) atoms. The Kier molecular flexibility index (Phi) is 1.65. The van der Waals surface area contributed by atoms with Crippen LogP contribution in [0.15, 0.2) is 29.1 Å². The lowest BCUT2D eigenvalue weighted by atomic mass is 9.92. The van der Waals surface area contributed by atoms with Gasteiger partial charge in [0, 0.05) is 28.9 Å². The number of hydrogen-bond acceptors (Lipinski definition) is 2. The fraction of sp³-hybridized carbons (Fsp3) is 0.364. The number of hydrogen-bond donors (Lipinski definition) is 0. The van der Waals surface area contributed by atoms with Gasteiger partial charge in [0.25, 0.3) is 0 Å². The molecule has 0 aliphatic carbocycles. The molecule has 2 heteroatoms. The van der Waals surface area contributed by atoms with Crippen molar-refractivity contribution in [3.8, 4) is 11.1 Å². The van der Waals surface area contributed by atoms with Crippen LogP contribution in [0.1, 0.15) is 26.5 Å². The van der Waals surface area contributed by atoms with Gasteiger partial charge >= 0.3 is 0 Å². The van der Waals surface area contributed by atoms with Crippen molar-refractivity contribution in [3.05, 3.63) is 30.5 Å². The summed E-state index contributed by atoms with van der Waals surface area (Å²) in [6, 6.07) is 2.06. The van der Waals surface area contributed by atoms with Gasteiger partial charge in [0.15, 0.2) is 0 Å². The zero-order valence-corrected chi connectivity index (χ0v) is 8.16. The Bertz CT molecular complexity index is 384. The highest BCUT2D eigenvalue weighted by Gasteiger charge is 2.18. The summed E-state index contributed by atoms with van der Waals surface area (Å²) in [5.41, 5.74) is 2.27. The van der Waals surface area contributed by atoms with Crippen LogP contribution in [0.5, 0.6) is 0 Å². The van der Waals surface area contributed by atoms with Gasteiger partial charge in [-0.15, -0.1) is 0 Å². The highest BCUT2D eigenvalue weighted by atomic mass is 16.3. The summed E-state index contributed by atoms with van der Waals surface area (Å²) >= 11 is 0. The van der Waals surface area contributed by atoms with Crippen molar-refractivity contribution in [3.63, 3.8) is 0 Å². The molecule has 0 radical (unpaired) electrons. The van der Waals surface area contributed by atoms with Gasteiger partial charge in [-0.2, -0.15) is 0 Å². The van der Waals surface area contributed by atoms with E-state index in [2.05, 4.69) is 31.8 Å². The van der Waals surface area contributed by atoms with Gasteiger partial charge in [0.2, 0.25) is 0 Å². The van der Waals surface area contributed by atoms with Crippen LogP contribution in [-0.4, -0.2) is 4.98 Å². The SMILES string of the molecule is CC(C)(C)c1cc2cncc-2co1. The summed E-state index contributed by atoms with van der Waals surface area (Å²) in [6.07, 6.45) is 5.44. The van der Waals surface area contributed by atoms with E-state index in [4.69, 9.17) is 4.42 Å². The Balaban J connectivity index is 2.56. The second kappa shape index (κ2) is 2.59. The zero-order chi connectivity index (χ0) is 9.47. The Hall–Kier alpha value is -1.31. The molecule has 0 aromatic rings. The van der Waals surface area contributed by atoms with Crippen molar-refractivity contribution < 1.29 is 4.42 Å². The van der Waals surface area contributed by atoms with Crippen LogP contribution in [0, 0.1) is 0 Å². The summed E-state index contributed by atoms with van der Waals surface area (Å²) in [5.74, 6) is 0.994. The molecule has 0 atom stereocenters. The summed E-state index contributed by atoms with van der Waals surface area (Å²) in [4.78, 5) is 4.06. The van der Waals surface area contributed by atoms with E-state index in [0.717, 1.165) is 16.9 Å². The van der Waals surface area contributed by atoms with E-state index in [0.29, 0.717) is 0 Å². The first kappa shape index (κ1) is 8.30. The molecule has 2 aliphatic heterocycles. The largest absolute Gasteiger partial charge is 0.468 e. The van der Waals surface area contributed by atoms with Gasteiger partial charge in [-0.3, -0.25) is 4.98 Å². The van der Waals surface area contributed by atoms with Crippen molar-refractivity contribution in [1.82, 2.24) is 4.98 Å². The lowest BCUT2D eigenvalue weighted by molar-refractivity contribution is 0.398. The Morgan fingerprint density at radius 1 is 1.15 bits per heavy atom. The molecular formula is C11H13NO. The fourth-order valence-electron chi connectivity index (χ4n) is 1.26. The molecule has 0 aromatic heterocycles. The summed E-state index contributed by atoms with van der Waals surface area (Å²) in [7, 11) is 0.